The third-order valence-electron chi connectivity index (χ3n) is 0.724. The van der Waals surface area contributed by atoms with Crippen molar-refractivity contribution in [2.45, 2.75) is 0 Å². The molecule has 0 saturated carbocycles. The summed E-state index contributed by atoms with van der Waals surface area (Å²) in [5, 5.41) is 0. The first-order valence-corrected chi connectivity index (χ1v) is 2.13. The van der Waals surface area contributed by atoms with Crippen LogP contribution in [0.25, 0.3) is 0 Å². The largest absolute Gasteiger partial charge is 0.398 e. The van der Waals surface area contributed by atoms with Gasteiger partial charge in [-0.1, -0.05) is 6.07 Å². The van der Waals surface area contributed by atoms with Gasteiger partial charge < -0.3 is 5.73 Å². The summed E-state index contributed by atoms with van der Waals surface area (Å²) in [5.41, 5.74) is 5.54. The zero-order valence-electron chi connectivity index (χ0n) is 4.11. The van der Waals surface area contributed by atoms with Gasteiger partial charge in [0.1, 0.15) is 0 Å². The molecule has 8 heavy (non-hydrogen) atoms. The fourth-order valence-corrected chi connectivity index (χ4v) is 0.412. The van der Waals surface area contributed by atoms with Crippen molar-refractivity contribution >= 4 is 5.69 Å². The normalized spacial score (nSPS) is 8.12. The van der Waals surface area contributed by atoms with Crippen LogP contribution in [0.3, 0.4) is 0 Å². The Morgan fingerprint density at radius 3 is 2.75 bits per heavy atom. The molecule has 0 heterocycles. The maximum absolute atomic E-state index is 12.0. The molecule has 0 fully saturated rings. The number of hydrogen-bond donors (Lipinski definition) is 1. The van der Waals surface area contributed by atoms with Gasteiger partial charge in [0.25, 0.3) is 0 Å². The highest BCUT2D eigenvalue weighted by molar-refractivity contribution is 5.34. The van der Waals surface area contributed by atoms with Crippen molar-refractivity contribution in [3.8, 4) is 0 Å². The summed E-state index contributed by atoms with van der Waals surface area (Å²) < 4.78 is 12.0. The van der Waals surface area contributed by atoms with Crippen molar-refractivity contribution < 1.29 is 4.39 Å². The van der Waals surface area contributed by atoms with Crippen LogP contribution in [-0.2, 0) is 0 Å². The zero-order valence-corrected chi connectivity index (χ0v) is 4.11. The van der Waals surface area contributed by atoms with E-state index in [9.17, 15) is 4.39 Å². The third-order valence-corrected chi connectivity index (χ3v) is 0.724. The van der Waals surface area contributed by atoms with Crippen molar-refractivity contribution in [3.63, 3.8) is 0 Å². The summed E-state index contributed by atoms with van der Waals surface area (Å²) in [4.78, 5) is 0. The van der Waals surface area contributed by atoms with Crippen molar-refractivity contribution in [2.24, 2.45) is 0 Å². The van der Waals surface area contributed by atoms with Gasteiger partial charge in [0.15, 0.2) is 5.82 Å². The molecule has 0 bridgehead atoms. The van der Waals surface area contributed by atoms with Gasteiger partial charge in [0, 0.05) is 17.8 Å². The Bertz CT molecular complexity index is 168. The summed E-state index contributed by atoms with van der Waals surface area (Å²) >= 11 is 0. The van der Waals surface area contributed by atoms with Crippen molar-refractivity contribution in [2.75, 3.05) is 5.73 Å². The van der Waals surface area contributed by atoms with Crippen LogP contribution in [0.4, 0.5) is 10.1 Å². The maximum atomic E-state index is 12.0. The molecule has 0 saturated heterocycles. The second kappa shape index (κ2) is 1.71. The Morgan fingerprint density at radius 2 is 2.38 bits per heavy atom. The zero-order chi connectivity index (χ0) is 5.98. The van der Waals surface area contributed by atoms with Crippen LogP contribution in [0.15, 0.2) is 12.1 Å². The number of anilines is 1. The molecule has 0 aliphatic carbocycles. The molecule has 1 nitrogen and oxygen atoms in total. The predicted molar refractivity (Wildman–Crippen MR) is 28.5 cm³/mol. The van der Waals surface area contributed by atoms with Crippen LogP contribution in [0.2, 0.25) is 0 Å². The van der Waals surface area contributed by atoms with Gasteiger partial charge in [-0.2, -0.15) is 4.39 Å². The summed E-state index contributed by atoms with van der Waals surface area (Å²) in [5.74, 6) is -0.468. The summed E-state index contributed by atoms with van der Waals surface area (Å²) in [6, 6.07) is 7.26. The van der Waals surface area contributed by atoms with Gasteiger partial charge in [-0.25, -0.2) is 0 Å². The van der Waals surface area contributed by atoms with Gasteiger partial charge in [0.05, 0.1) is 0 Å². The minimum atomic E-state index is -0.468. The highest BCUT2D eigenvalue weighted by atomic mass is 19.1. The van der Waals surface area contributed by atoms with Crippen molar-refractivity contribution in [1.82, 2.24) is 0 Å². The molecular weight excluding hydrogens is 105 g/mol. The lowest BCUT2D eigenvalue weighted by atomic mass is 10.4. The monoisotopic (exact) mass is 109 g/mol. The van der Waals surface area contributed by atoms with E-state index in [0.29, 0.717) is 5.69 Å². The predicted octanol–water partition coefficient (Wildman–Crippen LogP) is 1.01. The summed E-state index contributed by atoms with van der Waals surface area (Å²) in [7, 11) is 0. The summed E-state index contributed by atoms with van der Waals surface area (Å²) in [6.07, 6.45) is 0. The van der Waals surface area contributed by atoms with Crippen LogP contribution in [0.1, 0.15) is 0 Å². The highest BCUT2D eigenvalue weighted by Gasteiger charge is 1.83. The van der Waals surface area contributed by atoms with Crippen LogP contribution in [0.5, 0.6) is 0 Å². The van der Waals surface area contributed by atoms with Gasteiger partial charge in [-0.3, -0.25) is 0 Å². The van der Waals surface area contributed by atoms with Crippen LogP contribution in [0, 0.1) is 17.9 Å². The molecule has 0 spiro atoms. The first kappa shape index (κ1) is 4.92. The lowest BCUT2D eigenvalue weighted by Crippen LogP contribution is -1.81. The van der Waals surface area contributed by atoms with E-state index in [2.05, 4.69) is 12.1 Å². The molecule has 40 valence electrons. The van der Waals surface area contributed by atoms with E-state index < -0.39 is 5.82 Å². The van der Waals surface area contributed by atoms with E-state index in [1.54, 1.807) is 0 Å². The molecule has 0 aliphatic heterocycles. The van der Waals surface area contributed by atoms with Crippen molar-refractivity contribution in [1.29, 1.82) is 0 Å². The number of halogens is 1. The molecule has 2 heteroatoms. The number of nitrogen functional groups attached to an aromatic ring is 1. The molecule has 0 atom stereocenters. The average Bonchev–Trinajstić information content (AvgIpc) is 1.64. The van der Waals surface area contributed by atoms with E-state index in [-0.39, 0.29) is 0 Å². The van der Waals surface area contributed by atoms with Gasteiger partial charge in [0.2, 0.25) is 0 Å². The Balaban J connectivity index is 3.08. The fourth-order valence-electron chi connectivity index (χ4n) is 0.412. The molecule has 0 unspecified atom stereocenters. The Hall–Kier alpha value is -1.23. The number of hydrogen-bond acceptors (Lipinski definition) is 1. The van der Waals surface area contributed by atoms with Crippen molar-refractivity contribution in [3.05, 3.63) is 30.1 Å². The SMILES string of the molecule is Nc1cc#cc(F)c1. The molecular formula is C6H4FN. The van der Waals surface area contributed by atoms with Gasteiger partial charge in [-0.05, 0) is 6.07 Å². The molecule has 1 rings (SSSR count). The van der Waals surface area contributed by atoms with E-state index in [0.717, 1.165) is 0 Å². The number of nitrogens with two attached hydrogens (primary N) is 1. The van der Waals surface area contributed by atoms with Gasteiger partial charge in [-0.15, -0.1) is 0 Å². The van der Waals surface area contributed by atoms with Gasteiger partial charge >= 0.3 is 0 Å². The molecule has 0 amide bonds. The lowest BCUT2D eigenvalue weighted by molar-refractivity contribution is 0.629. The third kappa shape index (κ3) is 0.881. The first-order chi connectivity index (χ1) is 3.79. The fraction of sp³-hybridized carbons (Fsp3) is 0. The molecule has 0 aliphatic rings. The van der Waals surface area contributed by atoms with E-state index in [4.69, 9.17) is 5.73 Å². The topological polar surface area (TPSA) is 26.0 Å². The Kier molecular flexibility index (Phi) is 1.05. The highest BCUT2D eigenvalue weighted by Crippen LogP contribution is 1.98. The second-order valence-electron chi connectivity index (χ2n) is 1.41. The van der Waals surface area contributed by atoms with Crippen LogP contribution < -0.4 is 5.73 Å². The smallest absolute Gasteiger partial charge is 0.175 e. The maximum Gasteiger partial charge on any atom is 0.175 e. The Labute approximate surface area is 46.9 Å². The first-order valence-electron chi connectivity index (χ1n) is 2.13. The summed E-state index contributed by atoms with van der Waals surface area (Å²) in [6.45, 7) is 0. The van der Waals surface area contributed by atoms with E-state index >= 15 is 0 Å². The Morgan fingerprint density at radius 1 is 1.62 bits per heavy atom. The lowest BCUT2D eigenvalue weighted by Gasteiger charge is -1.82. The molecule has 0 radical (unpaired) electrons. The van der Waals surface area contributed by atoms with E-state index in [1.807, 2.05) is 0 Å². The second-order valence-corrected chi connectivity index (χ2v) is 1.41. The molecule has 1 aromatic carbocycles. The minimum Gasteiger partial charge on any atom is -0.398 e. The standard InChI is InChI=1S/C6H4FN/c7-5-2-1-3-6(8)4-5/h3-4H,8H2. The average molecular weight is 109 g/mol. The van der Waals surface area contributed by atoms with Crippen LogP contribution in [-0.4, -0.2) is 0 Å². The van der Waals surface area contributed by atoms with Crippen LogP contribution >= 0.6 is 0 Å². The van der Waals surface area contributed by atoms with E-state index in [1.165, 1.54) is 12.1 Å². The molecule has 1 aromatic rings. The molecule has 0 aromatic heterocycles. The quantitative estimate of drug-likeness (QED) is 0.528. The molecule has 2 N–H and O–H groups in total. The number of rotatable bonds is 0. The minimum absolute atomic E-state index is 0.376.